The summed E-state index contributed by atoms with van der Waals surface area (Å²) in [5.74, 6) is -0.210. The van der Waals surface area contributed by atoms with E-state index in [1.165, 1.54) is 21.7 Å². The second kappa shape index (κ2) is 7.31. The van der Waals surface area contributed by atoms with Crippen molar-refractivity contribution in [3.63, 3.8) is 0 Å². The predicted molar refractivity (Wildman–Crippen MR) is 94.1 cm³/mol. The molecule has 7 heteroatoms. The van der Waals surface area contributed by atoms with E-state index in [0.29, 0.717) is 42.5 Å². The Balaban J connectivity index is 1.63. The molecule has 130 valence electrons. The van der Waals surface area contributed by atoms with E-state index in [2.05, 4.69) is 4.90 Å². The average Bonchev–Trinajstić information content (AvgIpc) is 3.07. The summed E-state index contributed by atoms with van der Waals surface area (Å²) in [6.45, 7) is 4.63. The Kier molecular flexibility index (Phi) is 5.34. The Morgan fingerprint density at radius 3 is 2.42 bits per heavy atom. The van der Waals surface area contributed by atoms with Crippen LogP contribution in [0.5, 0.6) is 0 Å². The van der Waals surface area contributed by atoms with Crippen molar-refractivity contribution in [2.45, 2.75) is 24.1 Å². The van der Waals surface area contributed by atoms with Gasteiger partial charge in [0.05, 0.1) is 0 Å². The lowest BCUT2D eigenvalue weighted by Gasteiger charge is -2.33. The van der Waals surface area contributed by atoms with Gasteiger partial charge in [-0.2, -0.15) is 4.31 Å². The van der Waals surface area contributed by atoms with Gasteiger partial charge in [-0.25, -0.2) is 12.8 Å². The van der Waals surface area contributed by atoms with Crippen molar-refractivity contribution in [2.24, 2.45) is 0 Å². The Morgan fingerprint density at radius 2 is 1.79 bits per heavy atom. The van der Waals surface area contributed by atoms with Gasteiger partial charge < -0.3 is 0 Å². The van der Waals surface area contributed by atoms with Gasteiger partial charge in [-0.05, 0) is 24.6 Å². The van der Waals surface area contributed by atoms with Crippen molar-refractivity contribution in [1.82, 2.24) is 9.21 Å². The van der Waals surface area contributed by atoms with Gasteiger partial charge in [0, 0.05) is 43.2 Å². The lowest BCUT2D eigenvalue weighted by molar-refractivity contribution is 0.180. The largest absolute Gasteiger partial charge is 0.296 e. The van der Waals surface area contributed by atoms with Gasteiger partial charge in [-0.3, -0.25) is 4.90 Å². The molecule has 1 saturated heterocycles. The van der Waals surface area contributed by atoms with Gasteiger partial charge in [-0.1, -0.05) is 25.1 Å². The topological polar surface area (TPSA) is 40.6 Å². The molecule has 0 bridgehead atoms. The van der Waals surface area contributed by atoms with E-state index in [1.807, 2.05) is 19.1 Å². The van der Waals surface area contributed by atoms with Gasteiger partial charge in [-0.15, -0.1) is 11.3 Å². The summed E-state index contributed by atoms with van der Waals surface area (Å²) >= 11 is 1.35. The number of nitrogens with zero attached hydrogens (tertiary/aromatic N) is 2. The third kappa shape index (κ3) is 3.69. The zero-order chi connectivity index (χ0) is 17.2. The first-order chi connectivity index (χ1) is 11.5. The second-order valence-corrected chi connectivity index (χ2v) is 9.18. The molecular weight excluding hydrogens is 347 g/mol. The fourth-order valence-electron chi connectivity index (χ4n) is 2.81. The molecule has 0 radical (unpaired) electrons. The molecule has 0 amide bonds. The van der Waals surface area contributed by atoms with Gasteiger partial charge in [0.1, 0.15) is 10.0 Å². The smallest absolute Gasteiger partial charge is 0.252 e. The summed E-state index contributed by atoms with van der Waals surface area (Å²) in [6, 6.07) is 10.3. The number of rotatable bonds is 5. The third-order valence-electron chi connectivity index (χ3n) is 4.26. The average molecular weight is 368 g/mol. The number of halogens is 1. The second-order valence-electron chi connectivity index (χ2n) is 5.85. The molecule has 0 unspecified atom stereocenters. The SMILES string of the molecule is CCc1ccc(S(=O)(=O)N2CCN(Cc3ccccc3F)CC2)s1. The van der Waals surface area contributed by atoms with E-state index in [9.17, 15) is 12.8 Å². The van der Waals surface area contributed by atoms with Gasteiger partial charge >= 0.3 is 0 Å². The van der Waals surface area contributed by atoms with Gasteiger partial charge in [0.2, 0.25) is 0 Å². The zero-order valence-electron chi connectivity index (χ0n) is 13.6. The molecule has 4 nitrogen and oxygen atoms in total. The highest BCUT2D eigenvalue weighted by molar-refractivity contribution is 7.91. The number of piperazine rings is 1. The molecule has 3 rings (SSSR count). The van der Waals surface area contributed by atoms with Crippen LogP contribution in [0.4, 0.5) is 4.39 Å². The third-order valence-corrected chi connectivity index (χ3v) is 7.86. The molecule has 1 fully saturated rings. The van der Waals surface area contributed by atoms with Crippen molar-refractivity contribution in [3.8, 4) is 0 Å². The number of benzene rings is 1. The molecule has 0 atom stereocenters. The van der Waals surface area contributed by atoms with Crippen LogP contribution in [0.1, 0.15) is 17.4 Å². The highest BCUT2D eigenvalue weighted by Gasteiger charge is 2.29. The molecule has 0 spiro atoms. The summed E-state index contributed by atoms with van der Waals surface area (Å²) in [6.07, 6.45) is 0.844. The molecule has 2 aromatic rings. The Morgan fingerprint density at radius 1 is 1.08 bits per heavy atom. The van der Waals surface area contributed by atoms with E-state index in [0.717, 1.165) is 11.3 Å². The van der Waals surface area contributed by atoms with E-state index in [4.69, 9.17) is 0 Å². The monoisotopic (exact) mass is 368 g/mol. The summed E-state index contributed by atoms with van der Waals surface area (Å²) in [5, 5.41) is 0. The molecule has 1 aliphatic rings. The standard InChI is InChI=1S/C17H21FN2O2S2/c1-2-15-7-8-17(23-15)24(21,22)20-11-9-19(10-12-20)13-14-5-3-4-6-16(14)18/h3-8H,2,9-13H2,1H3. The van der Waals surface area contributed by atoms with Crippen LogP contribution in [-0.4, -0.2) is 43.8 Å². The fourth-order valence-corrected chi connectivity index (χ4v) is 5.68. The number of hydrogen-bond acceptors (Lipinski definition) is 4. The van der Waals surface area contributed by atoms with Crippen LogP contribution >= 0.6 is 11.3 Å². The lowest BCUT2D eigenvalue weighted by atomic mass is 10.2. The fraction of sp³-hybridized carbons (Fsp3) is 0.412. The molecule has 0 N–H and O–H groups in total. The molecule has 1 aliphatic heterocycles. The van der Waals surface area contributed by atoms with Gasteiger partial charge in [0.25, 0.3) is 10.0 Å². The van der Waals surface area contributed by atoms with Crippen LogP contribution < -0.4 is 0 Å². The number of hydrogen-bond donors (Lipinski definition) is 0. The molecule has 24 heavy (non-hydrogen) atoms. The van der Waals surface area contributed by atoms with Crippen molar-refractivity contribution in [2.75, 3.05) is 26.2 Å². The van der Waals surface area contributed by atoms with Crippen LogP contribution in [0.15, 0.2) is 40.6 Å². The molecule has 0 aliphatic carbocycles. The molecule has 1 aromatic carbocycles. The van der Waals surface area contributed by atoms with Crippen LogP contribution in [0, 0.1) is 5.82 Å². The summed E-state index contributed by atoms with van der Waals surface area (Å²) in [5.41, 5.74) is 0.652. The molecule has 0 saturated carbocycles. The van der Waals surface area contributed by atoms with Crippen LogP contribution in [0.25, 0.3) is 0 Å². The van der Waals surface area contributed by atoms with E-state index in [1.54, 1.807) is 18.2 Å². The number of thiophene rings is 1. The van der Waals surface area contributed by atoms with Crippen molar-refractivity contribution < 1.29 is 12.8 Å². The van der Waals surface area contributed by atoms with Crippen LogP contribution in [0.3, 0.4) is 0 Å². The van der Waals surface area contributed by atoms with E-state index < -0.39 is 10.0 Å². The summed E-state index contributed by atoms with van der Waals surface area (Å²) in [7, 11) is -3.40. The molecular formula is C17H21FN2O2S2. The molecule has 2 heterocycles. The Labute approximate surface area is 146 Å². The minimum Gasteiger partial charge on any atom is -0.296 e. The summed E-state index contributed by atoms with van der Waals surface area (Å²) in [4.78, 5) is 3.17. The maximum atomic E-state index is 13.7. The maximum Gasteiger partial charge on any atom is 0.252 e. The minimum atomic E-state index is -3.40. The van der Waals surface area contributed by atoms with Crippen LogP contribution in [0.2, 0.25) is 0 Å². The molecule has 1 aromatic heterocycles. The van der Waals surface area contributed by atoms with E-state index in [-0.39, 0.29) is 5.82 Å². The van der Waals surface area contributed by atoms with Crippen LogP contribution in [-0.2, 0) is 23.0 Å². The Bertz CT molecular complexity index is 796. The van der Waals surface area contributed by atoms with Gasteiger partial charge in [0.15, 0.2) is 0 Å². The first-order valence-corrected chi connectivity index (χ1v) is 10.3. The van der Waals surface area contributed by atoms with E-state index >= 15 is 0 Å². The highest BCUT2D eigenvalue weighted by atomic mass is 32.2. The minimum absolute atomic E-state index is 0.210. The first-order valence-electron chi connectivity index (χ1n) is 8.05. The quantitative estimate of drug-likeness (QED) is 0.815. The Hall–Kier alpha value is -1.28. The maximum absolute atomic E-state index is 13.7. The normalized spacial score (nSPS) is 17.2. The predicted octanol–water partition coefficient (Wildman–Crippen LogP) is 2.96. The van der Waals surface area contributed by atoms with Crippen molar-refractivity contribution in [3.05, 3.63) is 52.7 Å². The number of sulfonamides is 1. The lowest BCUT2D eigenvalue weighted by Crippen LogP contribution is -2.48. The van der Waals surface area contributed by atoms with Crippen molar-refractivity contribution in [1.29, 1.82) is 0 Å². The highest BCUT2D eigenvalue weighted by Crippen LogP contribution is 2.26. The van der Waals surface area contributed by atoms with Crippen molar-refractivity contribution >= 4 is 21.4 Å². The number of aryl methyl sites for hydroxylation is 1. The first kappa shape index (κ1) is 17.5. The zero-order valence-corrected chi connectivity index (χ0v) is 15.2. The summed E-state index contributed by atoms with van der Waals surface area (Å²) < 4.78 is 41.1.